The Bertz CT molecular complexity index is 1040. The predicted molar refractivity (Wildman–Crippen MR) is 122 cm³/mol. The van der Waals surface area contributed by atoms with Gasteiger partial charge in [0, 0.05) is 22.4 Å². The zero-order valence-electron chi connectivity index (χ0n) is 16.8. The van der Waals surface area contributed by atoms with E-state index in [-0.39, 0.29) is 6.61 Å². The lowest BCUT2D eigenvalue weighted by molar-refractivity contribution is 0.103. The molecule has 0 amide bonds. The molecule has 1 aliphatic carbocycles. The van der Waals surface area contributed by atoms with Gasteiger partial charge in [0.1, 0.15) is 18.5 Å². The van der Waals surface area contributed by atoms with E-state index in [9.17, 15) is 5.11 Å². The number of hydrogen-bond acceptors (Lipinski definition) is 5. The van der Waals surface area contributed by atoms with E-state index in [1.54, 1.807) is 11.8 Å². The Hall–Kier alpha value is -2.47. The molecule has 154 valence electrons. The number of ether oxygens (including phenoxy) is 1. The second kappa shape index (κ2) is 8.72. The molecular formula is C25H26N2O2S. The molecule has 0 aromatic heterocycles. The normalized spacial score (nSPS) is 17.8. The summed E-state index contributed by atoms with van der Waals surface area (Å²) in [5.41, 5.74) is 4.95. The number of fused-ring (bicyclic) bond motifs is 3. The van der Waals surface area contributed by atoms with E-state index in [1.807, 2.05) is 24.3 Å². The van der Waals surface area contributed by atoms with Gasteiger partial charge in [-0.25, -0.2) is 0 Å². The molecular weight excluding hydrogens is 392 g/mol. The van der Waals surface area contributed by atoms with Crippen molar-refractivity contribution in [3.8, 4) is 5.75 Å². The number of para-hydroxylation sites is 2. The molecule has 3 aromatic rings. The average molecular weight is 419 g/mol. The Morgan fingerprint density at radius 1 is 1.00 bits per heavy atom. The van der Waals surface area contributed by atoms with E-state index in [0.717, 1.165) is 41.3 Å². The van der Waals surface area contributed by atoms with Crippen molar-refractivity contribution in [3.05, 3.63) is 77.9 Å². The van der Waals surface area contributed by atoms with Crippen LogP contribution in [0.1, 0.15) is 17.5 Å². The molecule has 2 atom stereocenters. The van der Waals surface area contributed by atoms with Gasteiger partial charge in [-0.05, 0) is 54.7 Å². The van der Waals surface area contributed by atoms with E-state index in [1.165, 1.54) is 16.0 Å². The average Bonchev–Trinajstić information content (AvgIpc) is 2.80. The Morgan fingerprint density at radius 3 is 2.73 bits per heavy atom. The van der Waals surface area contributed by atoms with E-state index in [0.29, 0.717) is 12.6 Å². The van der Waals surface area contributed by atoms with Crippen LogP contribution in [-0.4, -0.2) is 30.4 Å². The smallest absolute Gasteiger partial charge is 0.144 e. The second-order valence-corrected chi connectivity index (χ2v) is 9.02. The Balaban J connectivity index is 1.16. The molecule has 0 radical (unpaired) electrons. The molecule has 0 fully saturated rings. The molecule has 3 aromatic carbocycles. The van der Waals surface area contributed by atoms with Gasteiger partial charge in [0.25, 0.3) is 0 Å². The number of benzene rings is 3. The fraction of sp³-hybridized carbons (Fsp3) is 0.280. The summed E-state index contributed by atoms with van der Waals surface area (Å²) >= 11 is 1.74. The van der Waals surface area contributed by atoms with Crippen LogP contribution in [0.5, 0.6) is 5.75 Å². The molecule has 0 bridgehead atoms. The van der Waals surface area contributed by atoms with Crippen LogP contribution in [0.25, 0.3) is 0 Å². The molecule has 2 unspecified atom stereocenters. The molecule has 5 heteroatoms. The summed E-state index contributed by atoms with van der Waals surface area (Å²) in [4.78, 5) is 2.35. The molecule has 5 rings (SSSR count). The van der Waals surface area contributed by atoms with Crippen molar-refractivity contribution in [1.29, 1.82) is 0 Å². The summed E-state index contributed by atoms with van der Waals surface area (Å²) in [5, 5.41) is 17.5. The summed E-state index contributed by atoms with van der Waals surface area (Å²) in [5.74, 6) is 0.778. The van der Waals surface area contributed by atoms with Crippen LogP contribution in [0, 0.1) is 0 Å². The minimum Gasteiger partial charge on any atom is -0.489 e. The fourth-order valence-corrected chi connectivity index (χ4v) is 5.18. The first kappa shape index (κ1) is 19.5. The van der Waals surface area contributed by atoms with Gasteiger partial charge in [0.15, 0.2) is 0 Å². The summed E-state index contributed by atoms with van der Waals surface area (Å²) in [6.45, 7) is 0.799. The summed E-state index contributed by atoms with van der Waals surface area (Å²) in [6.07, 6.45) is 2.68. The van der Waals surface area contributed by atoms with Crippen LogP contribution >= 0.6 is 11.8 Å². The monoisotopic (exact) mass is 418 g/mol. The topological polar surface area (TPSA) is 53.5 Å². The highest BCUT2D eigenvalue weighted by atomic mass is 32.2. The lowest BCUT2D eigenvalue weighted by Gasteiger charge is -2.27. The van der Waals surface area contributed by atoms with Crippen molar-refractivity contribution in [3.63, 3.8) is 0 Å². The number of anilines is 2. The minimum atomic E-state index is -0.554. The van der Waals surface area contributed by atoms with Gasteiger partial charge in [0.05, 0.1) is 11.4 Å². The summed E-state index contributed by atoms with van der Waals surface area (Å²) in [6, 6.07) is 23.4. The maximum Gasteiger partial charge on any atom is 0.144 e. The van der Waals surface area contributed by atoms with Crippen molar-refractivity contribution in [2.45, 2.75) is 41.2 Å². The number of aryl methyl sites for hydroxylation is 1. The molecule has 0 saturated carbocycles. The third-order valence-corrected chi connectivity index (χ3v) is 6.91. The van der Waals surface area contributed by atoms with Gasteiger partial charge in [0.2, 0.25) is 0 Å². The number of nitrogens with one attached hydrogen (secondary N) is 2. The van der Waals surface area contributed by atoms with E-state index >= 15 is 0 Å². The molecule has 1 aliphatic heterocycles. The number of rotatable bonds is 6. The zero-order chi connectivity index (χ0) is 20.3. The molecule has 1 heterocycles. The standard InChI is InChI=1S/C25H26N2O2S/c28-20(15-26-19-13-12-17-6-1-2-7-18(17)14-19)16-29-22-9-5-11-24-25(22)27-21-8-3-4-10-23(21)30-24/h1-11,19-20,26-28H,12-16H2. The molecule has 2 aliphatic rings. The van der Waals surface area contributed by atoms with Crippen molar-refractivity contribution >= 4 is 23.1 Å². The lowest BCUT2D eigenvalue weighted by Crippen LogP contribution is -2.40. The Labute approximate surface area is 181 Å². The van der Waals surface area contributed by atoms with Crippen molar-refractivity contribution in [2.75, 3.05) is 18.5 Å². The number of aliphatic hydroxyl groups excluding tert-OH is 1. The molecule has 0 spiro atoms. The minimum absolute atomic E-state index is 0.265. The quantitative estimate of drug-likeness (QED) is 0.421. The first-order valence-electron chi connectivity index (χ1n) is 10.5. The highest BCUT2D eigenvalue weighted by molar-refractivity contribution is 7.99. The first-order chi connectivity index (χ1) is 14.8. The predicted octanol–water partition coefficient (Wildman–Crippen LogP) is 4.78. The van der Waals surface area contributed by atoms with Crippen LogP contribution < -0.4 is 15.4 Å². The molecule has 0 saturated heterocycles. The SMILES string of the molecule is OC(CNC1CCc2ccccc2C1)COc1cccc2c1Nc1ccccc1S2. The van der Waals surface area contributed by atoms with Crippen molar-refractivity contribution in [1.82, 2.24) is 5.32 Å². The van der Waals surface area contributed by atoms with Crippen LogP contribution in [0.15, 0.2) is 76.5 Å². The van der Waals surface area contributed by atoms with Crippen LogP contribution in [0.4, 0.5) is 11.4 Å². The third kappa shape index (κ3) is 4.19. The van der Waals surface area contributed by atoms with Crippen LogP contribution in [0.2, 0.25) is 0 Å². The maximum absolute atomic E-state index is 10.5. The summed E-state index contributed by atoms with van der Waals surface area (Å²) < 4.78 is 6.01. The van der Waals surface area contributed by atoms with Gasteiger partial charge in [-0.15, -0.1) is 0 Å². The Morgan fingerprint density at radius 2 is 1.80 bits per heavy atom. The van der Waals surface area contributed by atoms with E-state index in [2.05, 4.69) is 53.1 Å². The number of aliphatic hydroxyl groups is 1. The molecule has 30 heavy (non-hydrogen) atoms. The van der Waals surface area contributed by atoms with Crippen molar-refractivity contribution < 1.29 is 9.84 Å². The molecule has 3 N–H and O–H groups in total. The van der Waals surface area contributed by atoms with Gasteiger partial charge < -0.3 is 20.5 Å². The van der Waals surface area contributed by atoms with Crippen LogP contribution in [0.3, 0.4) is 0 Å². The zero-order valence-corrected chi connectivity index (χ0v) is 17.6. The second-order valence-electron chi connectivity index (χ2n) is 7.93. The van der Waals surface area contributed by atoms with Gasteiger partial charge in [-0.2, -0.15) is 0 Å². The van der Waals surface area contributed by atoms with E-state index < -0.39 is 6.10 Å². The molecule has 4 nitrogen and oxygen atoms in total. The fourth-order valence-electron chi connectivity index (χ4n) is 4.17. The van der Waals surface area contributed by atoms with Gasteiger partial charge in [-0.3, -0.25) is 0 Å². The first-order valence-corrected chi connectivity index (χ1v) is 11.4. The summed E-state index contributed by atoms with van der Waals surface area (Å²) in [7, 11) is 0. The van der Waals surface area contributed by atoms with Gasteiger partial charge in [-0.1, -0.05) is 54.2 Å². The van der Waals surface area contributed by atoms with Crippen molar-refractivity contribution in [2.24, 2.45) is 0 Å². The largest absolute Gasteiger partial charge is 0.489 e. The maximum atomic E-state index is 10.5. The highest BCUT2D eigenvalue weighted by Crippen LogP contribution is 2.47. The van der Waals surface area contributed by atoms with Gasteiger partial charge >= 0.3 is 0 Å². The third-order valence-electron chi connectivity index (χ3n) is 5.77. The number of hydrogen-bond donors (Lipinski definition) is 3. The highest BCUT2D eigenvalue weighted by Gasteiger charge is 2.21. The Kier molecular flexibility index (Phi) is 5.67. The van der Waals surface area contributed by atoms with Crippen LogP contribution in [-0.2, 0) is 12.8 Å². The van der Waals surface area contributed by atoms with E-state index in [4.69, 9.17) is 4.74 Å². The lowest BCUT2D eigenvalue weighted by atomic mass is 9.88.